The van der Waals surface area contributed by atoms with Crippen LogP contribution in [0.3, 0.4) is 0 Å². The largest absolute Gasteiger partial charge is 0.330 e. The number of rotatable bonds is 6. The van der Waals surface area contributed by atoms with Crippen molar-refractivity contribution >= 4 is 11.7 Å². The van der Waals surface area contributed by atoms with Gasteiger partial charge in [-0.15, -0.1) is 6.58 Å². The van der Waals surface area contributed by atoms with E-state index in [-0.39, 0.29) is 33.5 Å². The fourth-order valence-corrected chi connectivity index (χ4v) is 11.1. The maximum atomic E-state index is 13.7. The summed E-state index contributed by atoms with van der Waals surface area (Å²) in [6, 6.07) is 0. The van der Waals surface area contributed by atoms with E-state index in [0.717, 1.165) is 70.2 Å². The molecule has 4 saturated carbocycles. The van der Waals surface area contributed by atoms with E-state index in [1.165, 1.54) is 0 Å². The second-order valence-electron chi connectivity index (χ2n) is 14.9. The van der Waals surface area contributed by atoms with Crippen molar-refractivity contribution in [2.24, 2.45) is 57.2 Å². The van der Waals surface area contributed by atoms with Gasteiger partial charge in [-0.1, -0.05) is 47.3 Å². The van der Waals surface area contributed by atoms with Crippen LogP contribution in [-0.4, -0.2) is 36.7 Å². The van der Waals surface area contributed by atoms with Crippen LogP contribution in [0.15, 0.2) is 24.9 Å². The van der Waals surface area contributed by atoms with Crippen molar-refractivity contribution in [3.8, 4) is 0 Å². The third-order valence-corrected chi connectivity index (χ3v) is 13.3. The summed E-state index contributed by atoms with van der Waals surface area (Å²) >= 11 is 0. The Kier molecular flexibility index (Phi) is 6.65. The highest BCUT2D eigenvalue weighted by Crippen LogP contribution is 2.84. The number of nitrogens with one attached hydrogen (secondary N) is 1. The summed E-state index contributed by atoms with van der Waals surface area (Å²) in [5.74, 6) is 3.21. The number of ketones is 1. The predicted molar refractivity (Wildman–Crippen MR) is 151 cm³/mol. The summed E-state index contributed by atoms with van der Waals surface area (Å²) in [6.45, 7) is 22.8. The molecule has 37 heavy (non-hydrogen) atoms. The summed E-state index contributed by atoms with van der Waals surface area (Å²) in [5, 5.41) is 3.28. The van der Waals surface area contributed by atoms with Gasteiger partial charge in [0.05, 0.1) is 0 Å². The van der Waals surface area contributed by atoms with E-state index in [1.54, 1.807) is 0 Å². The van der Waals surface area contributed by atoms with Gasteiger partial charge in [0.15, 0.2) is 0 Å². The highest BCUT2D eigenvalue weighted by molar-refractivity contribution is 5.89. The number of Topliss-reactive ketones (excluding diaryl/α,β-unsaturated/α-hetero) is 1. The van der Waals surface area contributed by atoms with Crippen LogP contribution in [0, 0.1) is 57.2 Å². The van der Waals surface area contributed by atoms with Crippen molar-refractivity contribution in [3.05, 3.63) is 24.9 Å². The summed E-state index contributed by atoms with van der Waals surface area (Å²) in [5.41, 5.74) is 1.10. The fourth-order valence-electron chi connectivity index (χ4n) is 11.1. The standard InChI is InChI=1S/C33H52N2O2/c1-9-13-30(6)18-26(16-28(37)34-24(5)25-11-10-15-35(8)19-25)31(7)21(2)17-33-20-32(29(31)33,14-12-27(33)36)23(4)22(30)3/h9,21-23,25-26,29H,1,5,10-20H2,2-4,6-8H3,(H,34,37)/t21?,22?,23-,25?,26+,29?,30+,31-,32?,33?/m0/s1. The van der Waals surface area contributed by atoms with E-state index in [9.17, 15) is 9.59 Å². The van der Waals surface area contributed by atoms with E-state index < -0.39 is 0 Å². The van der Waals surface area contributed by atoms with Gasteiger partial charge in [0.25, 0.3) is 0 Å². The van der Waals surface area contributed by atoms with Gasteiger partial charge in [-0.2, -0.15) is 0 Å². The van der Waals surface area contributed by atoms with Gasteiger partial charge in [-0.25, -0.2) is 0 Å². The zero-order valence-electron chi connectivity index (χ0n) is 24.5. The first kappa shape index (κ1) is 27.2. The SMILES string of the molecule is C=CC[C@]1(C)C[C@@H](CC(=O)NC(=C)C2CCCN(C)C2)[C@]2(C)C(C)CC34CC(CCC3=O)(C42)[C@@H](C)C1C. The minimum Gasteiger partial charge on any atom is -0.330 e. The number of likely N-dealkylation sites (tertiary alicyclic amines) is 1. The first-order chi connectivity index (χ1) is 17.3. The fraction of sp³-hybridized carbons (Fsp3) is 0.818. The Balaban J connectivity index is 1.48. The van der Waals surface area contributed by atoms with Crippen molar-refractivity contribution in [3.63, 3.8) is 0 Å². The molecule has 0 aromatic carbocycles. The Hall–Kier alpha value is -1.42. The number of nitrogens with zero attached hydrogens (tertiary/aromatic N) is 1. The molecule has 1 N–H and O–H groups in total. The molecule has 1 heterocycles. The lowest BCUT2D eigenvalue weighted by atomic mass is 9.30. The summed E-state index contributed by atoms with van der Waals surface area (Å²) < 4.78 is 0. The molecule has 1 amide bonds. The lowest BCUT2D eigenvalue weighted by Crippen LogP contribution is -2.70. The molecular formula is C33H52N2O2. The molecule has 4 aliphatic carbocycles. The highest BCUT2D eigenvalue weighted by Gasteiger charge is 2.80. The van der Waals surface area contributed by atoms with Crippen molar-refractivity contribution < 1.29 is 9.59 Å². The van der Waals surface area contributed by atoms with Crippen molar-refractivity contribution in [1.29, 1.82) is 0 Å². The van der Waals surface area contributed by atoms with Gasteiger partial charge in [-0.3, -0.25) is 9.59 Å². The monoisotopic (exact) mass is 508 g/mol. The molecule has 6 unspecified atom stereocenters. The first-order valence-corrected chi connectivity index (χ1v) is 15.2. The van der Waals surface area contributed by atoms with Gasteiger partial charge in [0.2, 0.25) is 5.91 Å². The number of carbonyl (C=O) groups is 2. The predicted octanol–water partition coefficient (Wildman–Crippen LogP) is 6.62. The van der Waals surface area contributed by atoms with E-state index in [0.29, 0.717) is 41.8 Å². The molecule has 206 valence electrons. The van der Waals surface area contributed by atoms with Crippen LogP contribution in [0.1, 0.15) is 92.4 Å². The smallest absolute Gasteiger partial charge is 0.224 e. The summed E-state index contributed by atoms with van der Waals surface area (Å²) in [4.78, 5) is 29.6. The minimum atomic E-state index is -0.127. The molecule has 10 atom stereocenters. The highest BCUT2D eigenvalue weighted by atomic mass is 16.1. The van der Waals surface area contributed by atoms with Crippen molar-refractivity contribution in [1.82, 2.24) is 10.2 Å². The van der Waals surface area contributed by atoms with Crippen molar-refractivity contribution in [2.45, 2.75) is 92.4 Å². The maximum Gasteiger partial charge on any atom is 0.224 e. The number of piperidine rings is 1. The van der Waals surface area contributed by atoms with E-state index in [1.807, 2.05) is 0 Å². The second-order valence-corrected chi connectivity index (χ2v) is 14.9. The van der Waals surface area contributed by atoms with Gasteiger partial charge < -0.3 is 10.2 Å². The quantitative estimate of drug-likeness (QED) is 0.410. The zero-order chi connectivity index (χ0) is 27.0. The van der Waals surface area contributed by atoms with E-state index in [4.69, 9.17) is 0 Å². The third-order valence-electron chi connectivity index (χ3n) is 13.3. The molecule has 5 rings (SSSR count). The van der Waals surface area contributed by atoms with Gasteiger partial charge in [-0.05, 0) is 104 Å². The van der Waals surface area contributed by atoms with Crippen LogP contribution < -0.4 is 5.32 Å². The van der Waals surface area contributed by atoms with Crippen LogP contribution in [-0.2, 0) is 9.59 Å². The molecule has 0 radical (unpaired) electrons. The normalized spacial score (nSPS) is 49.3. The molecule has 4 heteroatoms. The molecule has 0 aromatic heterocycles. The third kappa shape index (κ3) is 3.78. The maximum absolute atomic E-state index is 13.7. The Bertz CT molecular complexity index is 989. The first-order valence-electron chi connectivity index (χ1n) is 15.2. The molecule has 1 aliphatic heterocycles. The Morgan fingerprint density at radius 3 is 2.59 bits per heavy atom. The van der Waals surface area contributed by atoms with Gasteiger partial charge in [0, 0.05) is 36.4 Å². The Morgan fingerprint density at radius 2 is 1.92 bits per heavy atom. The number of hydrogen-bond acceptors (Lipinski definition) is 3. The Morgan fingerprint density at radius 1 is 1.19 bits per heavy atom. The zero-order valence-corrected chi connectivity index (χ0v) is 24.5. The number of allylic oxidation sites excluding steroid dienone is 1. The number of amides is 1. The van der Waals surface area contributed by atoms with Gasteiger partial charge >= 0.3 is 0 Å². The van der Waals surface area contributed by atoms with Crippen molar-refractivity contribution in [2.75, 3.05) is 20.1 Å². The average molecular weight is 509 g/mol. The Labute approximate surface area is 226 Å². The minimum absolute atomic E-state index is 0.00507. The topological polar surface area (TPSA) is 49.4 Å². The number of hydrogen-bond donors (Lipinski definition) is 1. The molecular weight excluding hydrogens is 456 g/mol. The molecule has 0 aromatic rings. The average Bonchev–Trinajstić information content (AvgIpc) is 3.02. The lowest BCUT2D eigenvalue weighted by Gasteiger charge is -2.72. The van der Waals surface area contributed by atoms with Gasteiger partial charge in [0.1, 0.15) is 5.78 Å². The lowest BCUT2D eigenvalue weighted by molar-refractivity contribution is -0.241. The van der Waals surface area contributed by atoms with Crippen LogP contribution in [0.25, 0.3) is 0 Å². The van der Waals surface area contributed by atoms with Crippen LogP contribution >= 0.6 is 0 Å². The molecule has 4 nitrogen and oxygen atoms in total. The van der Waals surface area contributed by atoms with E-state index in [2.05, 4.69) is 71.1 Å². The second kappa shape index (κ2) is 9.07. The molecule has 5 aliphatic rings. The van der Waals surface area contributed by atoms with E-state index >= 15 is 0 Å². The summed E-state index contributed by atoms with van der Waals surface area (Å²) in [6.07, 6.45) is 10.8. The number of carbonyl (C=O) groups excluding carboxylic acids is 2. The molecule has 2 bridgehead atoms. The summed E-state index contributed by atoms with van der Waals surface area (Å²) in [7, 11) is 2.16. The molecule has 2 spiro atoms. The van der Waals surface area contributed by atoms with Crippen LogP contribution in [0.2, 0.25) is 0 Å². The van der Waals surface area contributed by atoms with Crippen LogP contribution in [0.5, 0.6) is 0 Å². The molecule has 5 fully saturated rings. The van der Waals surface area contributed by atoms with Crippen LogP contribution in [0.4, 0.5) is 0 Å². The molecule has 1 saturated heterocycles.